The van der Waals surface area contributed by atoms with Crippen molar-refractivity contribution in [2.75, 3.05) is 4.90 Å². The summed E-state index contributed by atoms with van der Waals surface area (Å²) in [6, 6.07) is 48.9. The number of para-hydroxylation sites is 2. The topological polar surface area (TPSA) is 16.4 Å². The zero-order valence-electron chi connectivity index (χ0n) is 25.5. The second kappa shape index (κ2) is 9.80. The monoisotopic (exact) mass is 613 g/mol. The van der Waals surface area contributed by atoms with Gasteiger partial charge in [-0.15, -0.1) is 11.3 Å². The largest absolute Gasteiger partial charge is 0.454 e. The van der Waals surface area contributed by atoms with Crippen LogP contribution in [0.15, 0.2) is 138 Å². The lowest BCUT2D eigenvalue weighted by Gasteiger charge is -2.28. The molecule has 0 saturated carbocycles. The van der Waals surface area contributed by atoms with E-state index in [-0.39, 0.29) is 0 Å². The third kappa shape index (κ3) is 4.13. The Morgan fingerprint density at radius 2 is 1.20 bits per heavy atom. The van der Waals surface area contributed by atoms with Crippen LogP contribution in [0.4, 0.5) is 17.1 Å². The van der Waals surface area contributed by atoms with Crippen LogP contribution < -0.4 is 10.1 Å². The Balaban J connectivity index is 1.38. The molecule has 0 spiro atoms. The fourth-order valence-corrected chi connectivity index (χ4v) is 9.27. The Bertz CT molecular complexity index is 2590. The molecule has 4 heteroatoms. The average Bonchev–Trinajstić information content (AvgIpc) is 3.62. The van der Waals surface area contributed by atoms with Crippen molar-refractivity contribution in [3.63, 3.8) is 0 Å². The molecule has 0 fully saturated rings. The molecular weight excluding hydrogens is 583 g/mol. The summed E-state index contributed by atoms with van der Waals surface area (Å²) in [5.41, 5.74) is 5.13. The average molecular weight is 614 g/mol. The molecule has 0 saturated heterocycles. The van der Waals surface area contributed by atoms with Crippen molar-refractivity contribution >= 4 is 105 Å². The molecule has 9 aromatic rings. The van der Waals surface area contributed by atoms with Gasteiger partial charge in [-0.3, -0.25) is 0 Å². The van der Waals surface area contributed by atoms with E-state index >= 15 is 0 Å². The first kappa shape index (κ1) is 26.5. The molecule has 0 aliphatic rings. The van der Waals surface area contributed by atoms with Gasteiger partial charge < -0.3 is 9.32 Å². The maximum Gasteiger partial charge on any atom is 0.159 e. The summed E-state index contributed by atoms with van der Waals surface area (Å²) in [5, 5.41) is 11.4. The van der Waals surface area contributed by atoms with E-state index in [1.165, 1.54) is 46.9 Å². The van der Waals surface area contributed by atoms with Crippen molar-refractivity contribution in [2.45, 2.75) is 19.6 Å². The Morgan fingerprint density at radius 3 is 1.98 bits per heavy atom. The van der Waals surface area contributed by atoms with Crippen molar-refractivity contribution in [3.05, 3.63) is 133 Å². The molecule has 216 valence electrons. The van der Waals surface area contributed by atoms with E-state index in [4.69, 9.17) is 4.42 Å². The van der Waals surface area contributed by atoms with Gasteiger partial charge in [0.1, 0.15) is 5.58 Å². The molecule has 0 N–H and O–H groups in total. The minimum Gasteiger partial charge on any atom is -0.454 e. The molecule has 0 unspecified atom stereocenters. The number of hydrogen-bond donors (Lipinski definition) is 0. The smallest absolute Gasteiger partial charge is 0.159 e. The first-order valence-corrected chi connectivity index (χ1v) is 19.8. The van der Waals surface area contributed by atoms with Crippen molar-refractivity contribution < 1.29 is 4.42 Å². The molecule has 0 amide bonds. The van der Waals surface area contributed by atoms with Crippen LogP contribution in [0.2, 0.25) is 19.6 Å². The van der Waals surface area contributed by atoms with E-state index in [2.05, 4.69) is 152 Å². The SMILES string of the molecule is C[Si](C)(C)c1ccc(N(c2cc3sc4cc5ccccc5cc4c3c3ccccc23)c2cccc3c2oc2ccccc23)cc1. The zero-order valence-corrected chi connectivity index (χ0v) is 27.3. The van der Waals surface area contributed by atoms with E-state index in [1.54, 1.807) is 0 Å². The highest BCUT2D eigenvalue weighted by molar-refractivity contribution is 7.26. The van der Waals surface area contributed by atoms with E-state index in [9.17, 15) is 0 Å². The third-order valence-corrected chi connectivity index (χ3v) is 12.3. The minimum atomic E-state index is -1.47. The summed E-state index contributed by atoms with van der Waals surface area (Å²) < 4.78 is 9.25. The van der Waals surface area contributed by atoms with Gasteiger partial charge in [0.15, 0.2) is 5.58 Å². The predicted octanol–water partition coefficient (Wildman–Crippen LogP) is 12.3. The zero-order chi connectivity index (χ0) is 30.3. The Labute approximate surface area is 266 Å². The highest BCUT2D eigenvalue weighted by atomic mass is 32.1. The quantitative estimate of drug-likeness (QED) is 0.184. The van der Waals surface area contributed by atoms with E-state index in [1.807, 2.05) is 17.4 Å². The second-order valence-corrected chi connectivity index (χ2v) is 19.2. The van der Waals surface area contributed by atoms with Crippen molar-refractivity contribution in [3.8, 4) is 0 Å². The normalized spacial score (nSPS) is 12.3. The van der Waals surface area contributed by atoms with Gasteiger partial charge in [-0.05, 0) is 58.6 Å². The molecule has 2 heterocycles. The van der Waals surface area contributed by atoms with Gasteiger partial charge in [-0.1, -0.05) is 116 Å². The summed E-state index contributed by atoms with van der Waals surface area (Å²) in [6.07, 6.45) is 0. The van der Waals surface area contributed by atoms with Crippen LogP contribution in [0.1, 0.15) is 0 Å². The van der Waals surface area contributed by atoms with Crippen LogP contribution in [-0.4, -0.2) is 8.07 Å². The molecule has 0 aliphatic carbocycles. The van der Waals surface area contributed by atoms with Gasteiger partial charge in [0.2, 0.25) is 0 Å². The van der Waals surface area contributed by atoms with Crippen LogP contribution >= 0.6 is 11.3 Å². The molecule has 0 atom stereocenters. The number of nitrogens with zero attached hydrogens (tertiary/aromatic N) is 1. The van der Waals surface area contributed by atoms with E-state index < -0.39 is 8.07 Å². The summed E-state index contributed by atoms with van der Waals surface area (Å²) in [5.74, 6) is 0. The van der Waals surface area contributed by atoms with Gasteiger partial charge in [0.05, 0.1) is 19.4 Å². The predicted molar refractivity (Wildman–Crippen MR) is 199 cm³/mol. The number of benzene rings is 7. The van der Waals surface area contributed by atoms with Crippen LogP contribution in [0, 0.1) is 0 Å². The number of furan rings is 1. The van der Waals surface area contributed by atoms with Gasteiger partial charge in [-0.2, -0.15) is 0 Å². The standard InChI is InChI=1S/C41H31NOSSi/c1-45(2,3)29-21-19-28(20-22-29)42(35-17-10-16-33-31-14-8-9-18-37(31)43-41(33)35)36-25-39-40(32-15-7-6-13-30(32)36)34-23-26-11-4-5-12-27(26)24-38(34)44-39/h4-25H,1-3H3. The molecule has 45 heavy (non-hydrogen) atoms. The highest BCUT2D eigenvalue weighted by Crippen LogP contribution is 2.48. The van der Waals surface area contributed by atoms with Gasteiger partial charge >= 0.3 is 0 Å². The first-order valence-electron chi connectivity index (χ1n) is 15.5. The Morgan fingerprint density at radius 1 is 0.533 bits per heavy atom. The number of rotatable bonds is 4. The number of thiophene rings is 1. The van der Waals surface area contributed by atoms with Gasteiger partial charge in [0, 0.05) is 42.0 Å². The van der Waals surface area contributed by atoms with Crippen molar-refractivity contribution in [1.82, 2.24) is 0 Å². The lowest BCUT2D eigenvalue weighted by molar-refractivity contribution is 0.669. The lowest BCUT2D eigenvalue weighted by atomic mass is 9.99. The Hall–Kier alpha value is -4.90. The van der Waals surface area contributed by atoms with Crippen LogP contribution in [0.5, 0.6) is 0 Å². The Kier molecular flexibility index (Phi) is 5.77. The summed E-state index contributed by atoms with van der Waals surface area (Å²) in [7, 11) is -1.47. The lowest BCUT2D eigenvalue weighted by Crippen LogP contribution is -2.37. The fourth-order valence-electron chi connectivity index (χ4n) is 6.92. The summed E-state index contributed by atoms with van der Waals surface area (Å²) >= 11 is 1.88. The molecule has 2 nitrogen and oxygen atoms in total. The maximum atomic E-state index is 6.64. The van der Waals surface area contributed by atoms with E-state index in [0.29, 0.717) is 0 Å². The van der Waals surface area contributed by atoms with Crippen LogP contribution in [0.3, 0.4) is 0 Å². The summed E-state index contributed by atoms with van der Waals surface area (Å²) in [6.45, 7) is 7.21. The second-order valence-electron chi connectivity index (χ2n) is 13.0. The molecular formula is C41H31NOSSi. The van der Waals surface area contributed by atoms with Crippen molar-refractivity contribution in [2.24, 2.45) is 0 Å². The van der Waals surface area contributed by atoms with Crippen LogP contribution in [0.25, 0.3) is 63.7 Å². The highest BCUT2D eigenvalue weighted by Gasteiger charge is 2.24. The van der Waals surface area contributed by atoms with E-state index in [0.717, 1.165) is 39.0 Å². The number of hydrogen-bond acceptors (Lipinski definition) is 3. The van der Waals surface area contributed by atoms with Crippen molar-refractivity contribution in [1.29, 1.82) is 0 Å². The molecule has 7 aromatic carbocycles. The summed E-state index contributed by atoms with van der Waals surface area (Å²) in [4.78, 5) is 2.42. The molecule has 0 aliphatic heterocycles. The van der Waals surface area contributed by atoms with Gasteiger partial charge in [0.25, 0.3) is 0 Å². The van der Waals surface area contributed by atoms with Crippen LogP contribution in [-0.2, 0) is 0 Å². The maximum absolute atomic E-state index is 6.64. The number of anilines is 3. The molecule has 0 radical (unpaired) electrons. The molecule has 9 rings (SSSR count). The third-order valence-electron chi connectivity index (χ3n) is 9.18. The number of fused-ring (bicyclic) bond motifs is 9. The molecule has 0 bridgehead atoms. The fraction of sp³-hybridized carbons (Fsp3) is 0.0732. The minimum absolute atomic E-state index is 0.903. The first-order chi connectivity index (χ1) is 21.9. The molecule has 2 aromatic heterocycles. The van der Waals surface area contributed by atoms with Gasteiger partial charge in [-0.25, -0.2) is 0 Å².